The quantitative estimate of drug-likeness (QED) is 0.807. The molecule has 0 saturated carbocycles. The summed E-state index contributed by atoms with van der Waals surface area (Å²) in [6.45, 7) is 6.46. The Kier molecular flexibility index (Phi) is 5.02. The molecule has 0 aliphatic carbocycles. The largest absolute Gasteiger partial charge is 0.293 e. The summed E-state index contributed by atoms with van der Waals surface area (Å²) in [5, 5.41) is 8.69. The van der Waals surface area contributed by atoms with Crippen molar-refractivity contribution in [3.8, 4) is 0 Å². The first-order valence-electron chi connectivity index (χ1n) is 8.12. The molecule has 1 aliphatic heterocycles. The molecular formula is C15H24N6O2S. The molecule has 24 heavy (non-hydrogen) atoms. The lowest BCUT2D eigenvalue weighted by Crippen LogP contribution is -2.36. The molecule has 1 N–H and O–H groups in total. The van der Waals surface area contributed by atoms with E-state index in [-0.39, 0.29) is 5.92 Å². The van der Waals surface area contributed by atoms with Gasteiger partial charge in [-0.25, -0.2) is 13.1 Å². The minimum absolute atomic E-state index is 0.169. The fourth-order valence-corrected chi connectivity index (χ4v) is 3.60. The van der Waals surface area contributed by atoms with Gasteiger partial charge in [-0.15, -0.1) is 0 Å². The maximum Gasteiger partial charge on any atom is 0.208 e. The summed E-state index contributed by atoms with van der Waals surface area (Å²) in [6, 6.07) is 2.02. The Balaban J connectivity index is 1.73. The number of hydrogen-bond acceptors (Lipinski definition) is 5. The monoisotopic (exact) mass is 352 g/mol. The lowest BCUT2D eigenvalue weighted by Gasteiger charge is -2.23. The predicted molar refractivity (Wildman–Crippen MR) is 90.6 cm³/mol. The first-order valence-corrected chi connectivity index (χ1v) is 10.0. The van der Waals surface area contributed by atoms with Crippen molar-refractivity contribution in [3.63, 3.8) is 0 Å². The van der Waals surface area contributed by atoms with E-state index in [2.05, 4.69) is 32.9 Å². The van der Waals surface area contributed by atoms with E-state index in [9.17, 15) is 8.42 Å². The Morgan fingerprint density at radius 2 is 2.17 bits per heavy atom. The van der Waals surface area contributed by atoms with Crippen LogP contribution in [-0.4, -0.2) is 52.2 Å². The van der Waals surface area contributed by atoms with Crippen LogP contribution in [0, 0.1) is 5.92 Å². The third-order valence-corrected chi connectivity index (χ3v) is 4.88. The number of aryl methyl sites for hydroxylation is 1. The SMILES string of the molecule is CCn1cc(CN2Cc3ccnn3CC(CNS(C)(=O)=O)C2)cn1. The second kappa shape index (κ2) is 7.04. The summed E-state index contributed by atoms with van der Waals surface area (Å²) in [7, 11) is -3.19. The summed E-state index contributed by atoms with van der Waals surface area (Å²) < 4.78 is 29.3. The Morgan fingerprint density at radius 1 is 1.33 bits per heavy atom. The molecule has 0 spiro atoms. The number of aromatic nitrogens is 4. The van der Waals surface area contributed by atoms with Gasteiger partial charge in [-0.3, -0.25) is 14.3 Å². The van der Waals surface area contributed by atoms with Crippen LogP contribution in [0.1, 0.15) is 18.2 Å². The van der Waals surface area contributed by atoms with Gasteiger partial charge in [0, 0.05) is 63.1 Å². The van der Waals surface area contributed by atoms with Gasteiger partial charge in [0.05, 0.1) is 18.1 Å². The van der Waals surface area contributed by atoms with Crippen LogP contribution >= 0.6 is 0 Å². The van der Waals surface area contributed by atoms with Crippen molar-refractivity contribution in [3.05, 3.63) is 35.9 Å². The number of hydrogen-bond donors (Lipinski definition) is 1. The smallest absolute Gasteiger partial charge is 0.208 e. The van der Waals surface area contributed by atoms with E-state index in [0.29, 0.717) is 6.54 Å². The van der Waals surface area contributed by atoms with Gasteiger partial charge in [0.15, 0.2) is 0 Å². The van der Waals surface area contributed by atoms with Crippen molar-refractivity contribution in [2.75, 3.05) is 19.3 Å². The van der Waals surface area contributed by atoms with Crippen LogP contribution in [0.5, 0.6) is 0 Å². The highest BCUT2D eigenvalue weighted by molar-refractivity contribution is 7.88. The summed E-state index contributed by atoms with van der Waals surface area (Å²) in [5.41, 5.74) is 2.32. The van der Waals surface area contributed by atoms with Crippen LogP contribution in [0.15, 0.2) is 24.7 Å². The van der Waals surface area contributed by atoms with Gasteiger partial charge < -0.3 is 0 Å². The summed E-state index contributed by atoms with van der Waals surface area (Å²) in [6.07, 6.45) is 6.95. The second-order valence-electron chi connectivity index (χ2n) is 6.37. The van der Waals surface area contributed by atoms with Crippen molar-refractivity contribution < 1.29 is 8.42 Å². The van der Waals surface area contributed by atoms with Gasteiger partial charge in [-0.2, -0.15) is 10.2 Å². The summed E-state index contributed by atoms with van der Waals surface area (Å²) >= 11 is 0. The summed E-state index contributed by atoms with van der Waals surface area (Å²) in [4.78, 5) is 2.33. The molecule has 2 aromatic rings. The fourth-order valence-electron chi connectivity index (χ4n) is 3.06. The minimum Gasteiger partial charge on any atom is -0.293 e. The predicted octanol–water partition coefficient (Wildman–Crippen LogP) is 0.281. The molecule has 0 amide bonds. The van der Waals surface area contributed by atoms with Gasteiger partial charge in [-0.1, -0.05) is 0 Å². The first-order chi connectivity index (χ1) is 11.4. The Morgan fingerprint density at radius 3 is 2.88 bits per heavy atom. The van der Waals surface area contributed by atoms with Crippen molar-refractivity contribution >= 4 is 10.0 Å². The number of nitrogens with zero attached hydrogens (tertiary/aromatic N) is 5. The zero-order chi connectivity index (χ0) is 17.2. The molecule has 8 nitrogen and oxygen atoms in total. The molecular weight excluding hydrogens is 328 g/mol. The van der Waals surface area contributed by atoms with E-state index in [4.69, 9.17) is 0 Å². The number of nitrogens with one attached hydrogen (secondary N) is 1. The average molecular weight is 352 g/mol. The highest BCUT2D eigenvalue weighted by atomic mass is 32.2. The molecule has 3 heterocycles. The van der Waals surface area contributed by atoms with E-state index in [0.717, 1.165) is 38.4 Å². The standard InChI is InChI=1S/C15H24N6O2S/c1-3-20-10-13(6-17-20)8-19-9-14(7-18-24(2,22)23)11-21-15(12-19)4-5-16-21/h4-6,10,14,18H,3,7-9,11-12H2,1-2H3. The molecule has 1 aliphatic rings. The highest BCUT2D eigenvalue weighted by Crippen LogP contribution is 2.18. The maximum absolute atomic E-state index is 11.4. The van der Waals surface area contributed by atoms with Crippen LogP contribution in [0.25, 0.3) is 0 Å². The third kappa shape index (κ3) is 4.43. The topological polar surface area (TPSA) is 85.0 Å². The fraction of sp³-hybridized carbons (Fsp3) is 0.600. The van der Waals surface area contributed by atoms with Crippen LogP contribution in [0.4, 0.5) is 0 Å². The van der Waals surface area contributed by atoms with Gasteiger partial charge in [-0.05, 0) is 13.0 Å². The number of rotatable bonds is 6. The van der Waals surface area contributed by atoms with E-state index >= 15 is 0 Å². The van der Waals surface area contributed by atoms with Gasteiger partial charge >= 0.3 is 0 Å². The molecule has 132 valence electrons. The van der Waals surface area contributed by atoms with Gasteiger partial charge in [0.25, 0.3) is 0 Å². The Hall–Kier alpha value is -1.71. The lowest BCUT2D eigenvalue weighted by atomic mass is 10.1. The molecule has 0 fully saturated rings. The Labute approximate surface area is 142 Å². The Bertz CT molecular complexity index is 781. The van der Waals surface area contributed by atoms with E-state index in [1.165, 1.54) is 11.8 Å². The lowest BCUT2D eigenvalue weighted by molar-refractivity contribution is 0.221. The van der Waals surface area contributed by atoms with Gasteiger partial charge in [0.2, 0.25) is 10.0 Å². The molecule has 0 aromatic carbocycles. The first kappa shape index (κ1) is 17.1. The molecule has 9 heteroatoms. The number of fused-ring (bicyclic) bond motifs is 1. The minimum atomic E-state index is -3.19. The van der Waals surface area contributed by atoms with Crippen LogP contribution < -0.4 is 4.72 Å². The van der Waals surface area contributed by atoms with Crippen molar-refractivity contribution in [1.82, 2.24) is 29.2 Å². The zero-order valence-electron chi connectivity index (χ0n) is 14.1. The van der Waals surface area contributed by atoms with Crippen LogP contribution in [0.3, 0.4) is 0 Å². The molecule has 2 aromatic heterocycles. The average Bonchev–Trinajstić information content (AvgIpc) is 3.10. The van der Waals surface area contributed by atoms with Crippen molar-refractivity contribution in [1.29, 1.82) is 0 Å². The van der Waals surface area contributed by atoms with Crippen molar-refractivity contribution in [2.45, 2.75) is 33.1 Å². The zero-order valence-corrected chi connectivity index (χ0v) is 14.9. The molecule has 1 atom stereocenters. The van der Waals surface area contributed by atoms with Crippen LogP contribution in [0.2, 0.25) is 0 Å². The van der Waals surface area contributed by atoms with E-state index in [1.54, 1.807) is 6.20 Å². The normalized spacial score (nSPS) is 19.2. The second-order valence-corrected chi connectivity index (χ2v) is 8.20. The molecule has 0 saturated heterocycles. The van der Waals surface area contributed by atoms with Crippen molar-refractivity contribution in [2.24, 2.45) is 5.92 Å². The molecule has 1 unspecified atom stereocenters. The molecule has 0 bridgehead atoms. The number of sulfonamides is 1. The molecule has 3 rings (SSSR count). The maximum atomic E-state index is 11.4. The van der Waals surface area contributed by atoms with E-state index in [1.807, 2.05) is 21.6 Å². The summed E-state index contributed by atoms with van der Waals surface area (Å²) in [5.74, 6) is 0.169. The van der Waals surface area contributed by atoms with E-state index < -0.39 is 10.0 Å². The van der Waals surface area contributed by atoms with Crippen LogP contribution in [-0.2, 0) is 36.2 Å². The van der Waals surface area contributed by atoms with Gasteiger partial charge in [0.1, 0.15) is 0 Å². The highest BCUT2D eigenvalue weighted by Gasteiger charge is 2.23. The molecule has 0 radical (unpaired) electrons. The third-order valence-electron chi connectivity index (χ3n) is 4.19.